The van der Waals surface area contributed by atoms with Crippen molar-refractivity contribution < 1.29 is 23.5 Å². The van der Waals surface area contributed by atoms with Crippen molar-refractivity contribution in [2.75, 3.05) is 5.32 Å². The van der Waals surface area contributed by atoms with Crippen LogP contribution in [0.25, 0.3) is 0 Å². The Balaban J connectivity index is 1.56. The minimum atomic E-state index is -0.870. The molecule has 3 aromatic carbocycles. The van der Waals surface area contributed by atoms with Gasteiger partial charge in [-0.25, -0.2) is 9.18 Å². The zero-order valence-corrected chi connectivity index (χ0v) is 20.1. The van der Waals surface area contributed by atoms with E-state index in [1.807, 2.05) is 44.2 Å². The minimum Gasteiger partial charge on any atom is -0.438 e. The molecule has 0 bridgehead atoms. The number of benzene rings is 3. The number of halogens is 1. The highest BCUT2D eigenvalue weighted by molar-refractivity contribution is 6.04. The van der Waals surface area contributed by atoms with Crippen LogP contribution in [0.2, 0.25) is 0 Å². The van der Waals surface area contributed by atoms with Crippen molar-refractivity contribution in [2.45, 2.75) is 45.0 Å². The Morgan fingerprint density at radius 3 is 2.33 bits per heavy atom. The van der Waals surface area contributed by atoms with Crippen LogP contribution in [0.1, 0.15) is 47.9 Å². The summed E-state index contributed by atoms with van der Waals surface area (Å²) in [6, 6.07) is 20.8. The summed E-state index contributed by atoms with van der Waals surface area (Å²) < 4.78 is 19.6. The third kappa shape index (κ3) is 5.54. The third-order valence-electron chi connectivity index (χ3n) is 6.17. The second-order valence-electron chi connectivity index (χ2n) is 8.74. The van der Waals surface area contributed by atoms with Crippen molar-refractivity contribution in [1.82, 2.24) is 10.2 Å². The molecule has 0 saturated carbocycles. The first kappa shape index (κ1) is 24.9. The molecular weight excluding hydrogens is 461 g/mol. The van der Waals surface area contributed by atoms with Crippen molar-refractivity contribution in [3.05, 3.63) is 101 Å². The molecule has 7 nitrogen and oxygen atoms in total. The van der Waals surface area contributed by atoms with Gasteiger partial charge in [-0.05, 0) is 48.7 Å². The number of hydrogen-bond donors (Lipinski definition) is 2. The maximum absolute atomic E-state index is 13.9. The molecule has 1 aliphatic heterocycles. The largest absolute Gasteiger partial charge is 0.438 e. The number of amides is 3. The number of nitrogens with one attached hydrogen (secondary N) is 2. The Morgan fingerprint density at radius 1 is 1.00 bits per heavy atom. The molecule has 1 aliphatic rings. The van der Waals surface area contributed by atoms with Gasteiger partial charge in [0.1, 0.15) is 5.82 Å². The quantitative estimate of drug-likeness (QED) is 0.463. The standard InChI is InChI=1S/C28H28FN3O4/c1-3-18(2)30-27(34)24-25(36-28(35)32(24)17-19-9-5-4-6-10-19)20-13-15-21(16-14-20)31-26(33)22-11-7-8-12-23(22)29/h4-16,18,24-25H,3,17H2,1-2H3,(H,30,34)(H,31,33). The van der Waals surface area contributed by atoms with Crippen LogP contribution >= 0.6 is 0 Å². The van der Waals surface area contributed by atoms with E-state index < -0.39 is 30.0 Å². The van der Waals surface area contributed by atoms with Gasteiger partial charge in [-0.3, -0.25) is 14.5 Å². The van der Waals surface area contributed by atoms with E-state index in [9.17, 15) is 18.8 Å². The second kappa shape index (κ2) is 11.0. The molecule has 186 valence electrons. The molecule has 4 rings (SSSR count). The minimum absolute atomic E-state index is 0.0652. The first-order valence-corrected chi connectivity index (χ1v) is 11.8. The summed E-state index contributed by atoms with van der Waals surface area (Å²) in [4.78, 5) is 40.0. The van der Waals surface area contributed by atoms with E-state index in [1.165, 1.54) is 23.1 Å². The van der Waals surface area contributed by atoms with E-state index in [-0.39, 0.29) is 24.1 Å². The highest BCUT2D eigenvalue weighted by atomic mass is 19.1. The fourth-order valence-electron chi connectivity index (χ4n) is 4.02. The molecule has 3 amide bonds. The van der Waals surface area contributed by atoms with Gasteiger partial charge in [0.2, 0.25) is 5.91 Å². The summed E-state index contributed by atoms with van der Waals surface area (Å²) >= 11 is 0. The third-order valence-corrected chi connectivity index (χ3v) is 6.17. The number of rotatable bonds is 8. The lowest BCUT2D eigenvalue weighted by molar-refractivity contribution is -0.127. The molecule has 3 aromatic rings. The Kier molecular flexibility index (Phi) is 7.63. The van der Waals surface area contributed by atoms with Gasteiger partial charge in [0.15, 0.2) is 12.1 Å². The summed E-state index contributed by atoms with van der Waals surface area (Å²) in [6.07, 6.45) is -0.667. The summed E-state index contributed by atoms with van der Waals surface area (Å²) in [6.45, 7) is 4.10. The topological polar surface area (TPSA) is 87.7 Å². The van der Waals surface area contributed by atoms with Gasteiger partial charge in [-0.1, -0.05) is 61.5 Å². The van der Waals surface area contributed by atoms with Crippen LogP contribution < -0.4 is 10.6 Å². The molecule has 1 heterocycles. The number of ether oxygens (including phenoxy) is 1. The highest BCUT2D eigenvalue weighted by Gasteiger charge is 2.47. The lowest BCUT2D eigenvalue weighted by Crippen LogP contribution is -2.48. The Labute approximate surface area is 209 Å². The fourth-order valence-corrected chi connectivity index (χ4v) is 4.02. The molecule has 1 fully saturated rings. The average molecular weight is 490 g/mol. The van der Waals surface area contributed by atoms with Gasteiger partial charge in [0.25, 0.3) is 5.91 Å². The van der Waals surface area contributed by atoms with E-state index in [2.05, 4.69) is 10.6 Å². The number of hydrogen-bond acceptors (Lipinski definition) is 4. The number of anilines is 1. The predicted molar refractivity (Wildman–Crippen MR) is 134 cm³/mol. The van der Waals surface area contributed by atoms with Crippen LogP contribution in [-0.4, -0.2) is 34.9 Å². The molecule has 0 aromatic heterocycles. The van der Waals surface area contributed by atoms with Crippen molar-refractivity contribution in [3.63, 3.8) is 0 Å². The molecule has 8 heteroatoms. The SMILES string of the molecule is CCC(C)NC(=O)C1C(c2ccc(NC(=O)c3ccccc3F)cc2)OC(=O)N1Cc1ccccc1. The summed E-state index contributed by atoms with van der Waals surface area (Å²) in [5, 5.41) is 5.62. The predicted octanol–water partition coefficient (Wildman–Crippen LogP) is 5.05. The van der Waals surface area contributed by atoms with Crippen LogP contribution in [0, 0.1) is 5.82 Å². The van der Waals surface area contributed by atoms with Crippen molar-refractivity contribution >= 4 is 23.6 Å². The van der Waals surface area contributed by atoms with Crippen LogP contribution in [0.4, 0.5) is 14.9 Å². The molecule has 3 unspecified atom stereocenters. The molecular formula is C28H28FN3O4. The Morgan fingerprint density at radius 2 is 1.67 bits per heavy atom. The number of carbonyl (C=O) groups is 3. The molecule has 36 heavy (non-hydrogen) atoms. The normalized spacial score (nSPS) is 17.9. The van der Waals surface area contributed by atoms with E-state index in [1.54, 1.807) is 30.3 Å². The van der Waals surface area contributed by atoms with Crippen molar-refractivity contribution in [3.8, 4) is 0 Å². The monoisotopic (exact) mass is 489 g/mol. The van der Waals surface area contributed by atoms with Gasteiger partial charge in [0.05, 0.1) is 12.1 Å². The molecule has 0 spiro atoms. The smallest absolute Gasteiger partial charge is 0.411 e. The summed E-state index contributed by atoms with van der Waals surface area (Å²) in [5.74, 6) is -1.49. The van der Waals surface area contributed by atoms with Crippen LogP contribution in [-0.2, 0) is 16.1 Å². The first-order valence-electron chi connectivity index (χ1n) is 11.8. The number of nitrogens with zero attached hydrogens (tertiary/aromatic N) is 1. The van der Waals surface area contributed by atoms with Crippen LogP contribution in [0.5, 0.6) is 0 Å². The number of cyclic esters (lactones) is 1. The van der Waals surface area contributed by atoms with E-state index >= 15 is 0 Å². The maximum atomic E-state index is 13.9. The molecule has 0 radical (unpaired) electrons. The van der Waals surface area contributed by atoms with Gasteiger partial charge >= 0.3 is 6.09 Å². The van der Waals surface area contributed by atoms with E-state index in [0.29, 0.717) is 11.3 Å². The fraction of sp³-hybridized carbons (Fsp3) is 0.250. The van der Waals surface area contributed by atoms with Crippen LogP contribution in [0.15, 0.2) is 78.9 Å². The molecule has 0 aliphatic carbocycles. The summed E-state index contributed by atoms with van der Waals surface area (Å²) in [7, 11) is 0. The summed E-state index contributed by atoms with van der Waals surface area (Å²) in [5.41, 5.74) is 1.86. The van der Waals surface area contributed by atoms with Gasteiger partial charge in [-0.15, -0.1) is 0 Å². The van der Waals surface area contributed by atoms with Crippen molar-refractivity contribution in [2.24, 2.45) is 0 Å². The Hall–Kier alpha value is -4.20. The van der Waals surface area contributed by atoms with Crippen LogP contribution in [0.3, 0.4) is 0 Å². The molecule has 2 N–H and O–H groups in total. The maximum Gasteiger partial charge on any atom is 0.411 e. The Bertz CT molecular complexity index is 1230. The average Bonchev–Trinajstić information content (AvgIpc) is 3.21. The van der Waals surface area contributed by atoms with E-state index in [0.717, 1.165) is 12.0 Å². The lowest BCUT2D eigenvalue weighted by atomic mass is 10.00. The van der Waals surface area contributed by atoms with Gasteiger partial charge in [0, 0.05) is 11.7 Å². The zero-order valence-electron chi connectivity index (χ0n) is 20.1. The first-order chi connectivity index (χ1) is 17.4. The highest BCUT2D eigenvalue weighted by Crippen LogP contribution is 2.34. The van der Waals surface area contributed by atoms with Crippen molar-refractivity contribution in [1.29, 1.82) is 0 Å². The van der Waals surface area contributed by atoms with Gasteiger partial charge < -0.3 is 15.4 Å². The van der Waals surface area contributed by atoms with E-state index in [4.69, 9.17) is 4.74 Å². The molecule has 1 saturated heterocycles. The van der Waals surface area contributed by atoms with Gasteiger partial charge in [-0.2, -0.15) is 0 Å². The second-order valence-corrected chi connectivity index (χ2v) is 8.74. The molecule has 3 atom stereocenters. The zero-order chi connectivity index (χ0) is 25.7. The lowest BCUT2D eigenvalue weighted by Gasteiger charge is -2.25. The number of carbonyl (C=O) groups excluding carboxylic acids is 3.